The number of hydrogen-bond acceptors (Lipinski definition) is 6. The molecule has 1 rings (SSSR count). The maximum atomic E-state index is 11.8. The molecular weight excluding hydrogens is 276 g/mol. The highest BCUT2D eigenvalue weighted by molar-refractivity contribution is 5.70. The summed E-state index contributed by atoms with van der Waals surface area (Å²) in [7, 11) is 4.48. The van der Waals surface area contributed by atoms with Crippen molar-refractivity contribution >= 4 is 6.16 Å². The van der Waals surface area contributed by atoms with E-state index in [4.69, 9.17) is 23.7 Å². The molecule has 1 aromatic carbocycles. The van der Waals surface area contributed by atoms with Crippen molar-refractivity contribution in [1.82, 2.24) is 0 Å². The van der Waals surface area contributed by atoms with E-state index in [9.17, 15) is 4.79 Å². The Labute approximate surface area is 124 Å². The van der Waals surface area contributed by atoms with E-state index >= 15 is 0 Å². The molecule has 0 saturated heterocycles. The molecule has 1 aromatic rings. The van der Waals surface area contributed by atoms with Crippen molar-refractivity contribution in [3.05, 3.63) is 11.6 Å². The smallest absolute Gasteiger partial charge is 0.496 e. The third kappa shape index (κ3) is 4.18. The molecule has 21 heavy (non-hydrogen) atoms. The Morgan fingerprint density at radius 3 is 1.95 bits per heavy atom. The van der Waals surface area contributed by atoms with E-state index in [1.54, 1.807) is 33.8 Å². The van der Waals surface area contributed by atoms with Crippen LogP contribution in [0.2, 0.25) is 0 Å². The molecule has 0 spiro atoms. The highest BCUT2D eigenvalue weighted by atomic mass is 16.7. The molecule has 0 bridgehead atoms. The molecule has 0 amide bonds. The van der Waals surface area contributed by atoms with Gasteiger partial charge in [0.25, 0.3) is 0 Å². The highest BCUT2D eigenvalue weighted by Crippen LogP contribution is 2.44. The van der Waals surface area contributed by atoms with Crippen molar-refractivity contribution < 1.29 is 28.5 Å². The number of hydrogen-bond donors (Lipinski definition) is 0. The Morgan fingerprint density at radius 1 is 0.952 bits per heavy atom. The average Bonchev–Trinajstić information content (AvgIpc) is 2.37. The molecule has 0 fully saturated rings. The number of rotatable bonds is 4. The molecule has 0 radical (unpaired) electrons. The van der Waals surface area contributed by atoms with Gasteiger partial charge in [-0.1, -0.05) is 0 Å². The van der Waals surface area contributed by atoms with Crippen LogP contribution < -0.4 is 18.9 Å². The van der Waals surface area contributed by atoms with Crippen LogP contribution in [0, 0.1) is 6.92 Å². The molecule has 0 aromatic heterocycles. The minimum Gasteiger partial charge on any atom is -0.496 e. The summed E-state index contributed by atoms with van der Waals surface area (Å²) < 4.78 is 26.1. The summed E-state index contributed by atoms with van der Waals surface area (Å²) in [6, 6.07) is 1.62. The Bertz CT molecular complexity index is 516. The summed E-state index contributed by atoms with van der Waals surface area (Å²) in [5.74, 6) is 1.41. The first-order valence-corrected chi connectivity index (χ1v) is 6.44. The van der Waals surface area contributed by atoms with Crippen molar-refractivity contribution in [2.45, 2.75) is 33.3 Å². The number of carbonyl (C=O) groups is 1. The van der Waals surface area contributed by atoms with Gasteiger partial charge in [-0.15, -0.1) is 0 Å². The molecule has 0 unspecified atom stereocenters. The Morgan fingerprint density at radius 2 is 1.52 bits per heavy atom. The molecule has 0 saturated carbocycles. The minimum atomic E-state index is -0.830. The van der Waals surface area contributed by atoms with Crippen molar-refractivity contribution in [1.29, 1.82) is 0 Å². The van der Waals surface area contributed by atoms with Crippen LogP contribution in [0.5, 0.6) is 23.0 Å². The van der Waals surface area contributed by atoms with Crippen LogP contribution in [0.25, 0.3) is 0 Å². The number of carbonyl (C=O) groups excluding carboxylic acids is 1. The van der Waals surface area contributed by atoms with Gasteiger partial charge in [0.15, 0.2) is 11.5 Å². The SMILES string of the molecule is COc1cc(OC)c(OC(=O)OC(C)(C)C)c(OC)c1C. The molecule has 0 aliphatic carbocycles. The van der Waals surface area contributed by atoms with Gasteiger partial charge in [-0.05, 0) is 27.7 Å². The summed E-state index contributed by atoms with van der Waals surface area (Å²) in [6.45, 7) is 7.05. The monoisotopic (exact) mass is 298 g/mol. The third-order valence-corrected chi connectivity index (χ3v) is 2.62. The third-order valence-electron chi connectivity index (χ3n) is 2.62. The van der Waals surface area contributed by atoms with Crippen LogP contribution in [0.3, 0.4) is 0 Å². The fourth-order valence-electron chi connectivity index (χ4n) is 1.75. The summed E-state index contributed by atoms with van der Waals surface area (Å²) in [5, 5.41) is 0. The predicted octanol–water partition coefficient (Wildman–Crippen LogP) is 3.33. The lowest BCUT2D eigenvalue weighted by Gasteiger charge is -2.21. The largest absolute Gasteiger partial charge is 0.514 e. The lowest BCUT2D eigenvalue weighted by molar-refractivity contribution is 0.0195. The van der Waals surface area contributed by atoms with E-state index in [1.165, 1.54) is 21.3 Å². The Hall–Kier alpha value is -2.11. The van der Waals surface area contributed by atoms with Gasteiger partial charge < -0.3 is 23.7 Å². The van der Waals surface area contributed by atoms with E-state index in [-0.39, 0.29) is 5.75 Å². The molecule has 6 nitrogen and oxygen atoms in total. The zero-order valence-corrected chi connectivity index (χ0v) is 13.5. The number of benzene rings is 1. The van der Waals surface area contributed by atoms with Gasteiger partial charge in [-0.25, -0.2) is 4.79 Å². The van der Waals surface area contributed by atoms with Gasteiger partial charge in [0.2, 0.25) is 5.75 Å². The van der Waals surface area contributed by atoms with Crippen LogP contribution in [0.1, 0.15) is 26.3 Å². The zero-order chi connectivity index (χ0) is 16.2. The molecule has 118 valence electrons. The fourth-order valence-corrected chi connectivity index (χ4v) is 1.75. The number of methoxy groups -OCH3 is 3. The Kier molecular flexibility index (Phi) is 5.29. The van der Waals surface area contributed by atoms with Crippen molar-refractivity contribution in [3.63, 3.8) is 0 Å². The second-order valence-corrected chi connectivity index (χ2v) is 5.33. The van der Waals surface area contributed by atoms with Gasteiger partial charge >= 0.3 is 6.16 Å². The first-order valence-electron chi connectivity index (χ1n) is 6.44. The van der Waals surface area contributed by atoms with Gasteiger partial charge in [0.05, 0.1) is 21.3 Å². The van der Waals surface area contributed by atoms with Crippen LogP contribution in [-0.2, 0) is 4.74 Å². The van der Waals surface area contributed by atoms with Gasteiger partial charge in [0, 0.05) is 11.6 Å². The molecule has 6 heteroatoms. The standard InChI is InChI=1S/C15H22O6/c1-9-10(17-5)8-11(18-6)13(12(9)19-7)20-14(16)21-15(2,3)4/h8H,1-7H3. The Balaban J connectivity index is 3.21. The second-order valence-electron chi connectivity index (χ2n) is 5.33. The molecule has 0 N–H and O–H groups in total. The van der Waals surface area contributed by atoms with Gasteiger partial charge in [-0.2, -0.15) is 0 Å². The summed E-state index contributed by atoms with van der Waals surface area (Å²) in [5.41, 5.74) is 0.0401. The van der Waals surface area contributed by atoms with E-state index in [0.717, 1.165) is 0 Å². The average molecular weight is 298 g/mol. The summed E-state index contributed by atoms with van der Waals surface area (Å²) in [4.78, 5) is 11.8. The normalized spacial score (nSPS) is 10.8. The summed E-state index contributed by atoms with van der Waals surface area (Å²) in [6.07, 6.45) is -0.830. The van der Waals surface area contributed by atoms with Crippen molar-refractivity contribution in [2.24, 2.45) is 0 Å². The quantitative estimate of drug-likeness (QED) is 0.627. The molecule has 0 atom stereocenters. The van der Waals surface area contributed by atoms with Crippen LogP contribution >= 0.6 is 0 Å². The van der Waals surface area contributed by atoms with E-state index in [0.29, 0.717) is 22.8 Å². The molecular formula is C15H22O6. The van der Waals surface area contributed by atoms with Gasteiger partial charge in [0.1, 0.15) is 11.4 Å². The molecule has 0 heterocycles. The van der Waals surface area contributed by atoms with Crippen molar-refractivity contribution in [2.75, 3.05) is 21.3 Å². The first-order chi connectivity index (χ1) is 9.73. The number of ether oxygens (including phenoxy) is 5. The molecule has 0 aliphatic heterocycles. The maximum absolute atomic E-state index is 11.8. The highest BCUT2D eigenvalue weighted by Gasteiger charge is 2.25. The predicted molar refractivity (Wildman–Crippen MR) is 77.7 cm³/mol. The lowest BCUT2D eigenvalue weighted by Crippen LogP contribution is -2.26. The topological polar surface area (TPSA) is 63.2 Å². The van der Waals surface area contributed by atoms with Crippen molar-refractivity contribution in [3.8, 4) is 23.0 Å². The fraction of sp³-hybridized carbons (Fsp3) is 0.533. The molecule has 0 aliphatic rings. The minimum absolute atomic E-state index is 0.160. The summed E-state index contributed by atoms with van der Waals surface area (Å²) >= 11 is 0. The van der Waals surface area contributed by atoms with Crippen LogP contribution in [0.4, 0.5) is 4.79 Å². The van der Waals surface area contributed by atoms with E-state index in [1.807, 2.05) is 0 Å². The van der Waals surface area contributed by atoms with E-state index < -0.39 is 11.8 Å². The zero-order valence-electron chi connectivity index (χ0n) is 13.5. The van der Waals surface area contributed by atoms with Crippen LogP contribution in [-0.4, -0.2) is 33.1 Å². The van der Waals surface area contributed by atoms with E-state index in [2.05, 4.69) is 0 Å². The van der Waals surface area contributed by atoms with Crippen LogP contribution in [0.15, 0.2) is 6.07 Å². The maximum Gasteiger partial charge on any atom is 0.514 e. The lowest BCUT2D eigenvalue weighted by atomic mass is 10.1. The first kappa shape index (κ1) is 16.9. The van der Waals surface area contributed by atoms with Gasteiger partial charge in [-0.3, -0.25) is 0 Å². The second kappa shape index (κ2) is 6.56.